The molecule has 2 aromatic heterocycles. The standard InChI is InChI=1S/C20H21N3O3S/c1-23-8-7-14-13(10-23)15(11-5-4-6-12(9-11)25-2)16-17(21)18(20(24)26-3)27-19(16)22-14/h4-6,9H,7-8,10,21H2,1-3H3. The quantitative estimate of drug-likeness (QED) is 0.699. The van der Waals surface area contributed by atoms with E-state index in [-0.39, 0.29) is 0 Å². The molecule has 3 aromatic rings. The number of anilines is 1. The lowest BCUT2D eigenvalue weighted by Gasteiger charge is -2.27. The number of fused-ring (bicyclic) bond motifs is 2. The summed E-state index contributed by atoms with van der Waals surface area (Å²) in [4.78, 5) is 20.5. The van der Waals surface area contributed by atoms with Gasteiger partial charge in [0.25, 0.3) is 0 Å². The van der Waals surface area contributed by atoms with Gasteiger partial charge in [0.2, 0.25) is 0 Å². The monoisotopic (exact) mass is 383 g/mol. The highest BCUT2D eigenvalue weighted by atomic mass is 32.1. The van der Waals surface area contributed by atoms with Gasteiger partial charge in [-0.2, -0.15) is 0 Å². The molecule has 0 atom stereocenters. The van der Waals surface area contributed by atoms with E-state index in [0.29, 0.717) is 10.6 Å². The van der Waals surface area contributed by atoms with Crippen LogP contribution in [0.15, 0.2) is 24.3 Å². The number of esters is 1. The molecular formula is C20H21N3O3S. The van der Waals surface area contributed by atoms with Gasteiger partial charge >= 0.3 is 5.97 Å². The van der Waals surface area contributed by atoms with Crippen molar-refractivity contribution in [2.75, 3.05) is 33.5 Å². The molecule has 0 radical (unpaired) electrons. The number of thiophene rings is 1. The van der Waals surface area contributed by atoms with Gasteiger partial charge in [-0.25, -0.2) is 9.78 Å². The van der Waals surface area contributed by atoms with E-state index in [4.69, 9.17) is 20.2 Å². The first kappa shape index (κ1) is 17.8. The van der Waals surface area contributed by atoms with E-state index in [1.807, 2.05) is 24.3 Å². The van der Waals surface area contributed by atoms with Crippen molar-refractivity contribution in [1.82, 2.24) is 9.88 Å². The minimum Gasteiger partial charge on any atom is -0.497 e. The lowest BCUT2D eigenvalue weighted by Crippen LogP contribution is -2.27. The number of ether oxygens (including phenoxy) is 2. The highest BCUT2D eigenvalue weighted by Crippen LogP contribution is 2.44. The number of carbonyl (C=O) groups is 1. The second-order valence-electron chi connectivity index (χ2n) is 6.65. The highest BCUT2D eigenvalue weighted by molar-refractivity contribution is 7.21. The van der Waals surface area contributed by atoms with Gasteiger partial charge in [0.15, 0.2) is 0 Å². The van der Waals surface area contributed by atoms with Gasteiger partial charge in [-0.1, -0.05) is 12.1 Å². The first-order chi connectivity index (χ1) is 13.0. The number of hydrogen-bond acceptors (Lipinski definition) is 7. The third kappa shape index (κ3) is 2.93. The SMILES string of the molecule is COC(=O)c1sc2nc3c(c(-c4cccc(OC)c4)c2c1N)CN(C)CC3. The Morgan fingerprint density at radius 1 is 1.33 bits per heavy atom. The fraction of sp³-hybridized carbons (Fsp3) is 0.300. The Balaban J connectivity index is 2.07. The summed E-state index contributed by atoms with van der Waals surface area (Å²) < 4.78 is 10.3. The number of methoxy groups -OCH3 is 2. The number of aromatic nitrogens is 1. The number of rotatable bonds is 3. The number of pyridine rings is 1. The lowest BCUT2D eigenvalue weighted by molar-refractivity contribution is 0.0607. The molecule has 0 bridgehead atoms. The van der Waals surface area contributed by atoms with Gasteiger partial charge in [-0.15, -0.1) is 11.3 Å². The number of carbonyl (C=O) groups excluding carboxylic acids is 1. The molecule has 2 N–H and O–H groups in total. The second-order valence-corrected chi connectivity index (χ2v) is 7.65. The van der Waals surface area contributed by atoms with E-state index in [2.05, 4.69) is 11.9 Å². The van der Waals surface area contributed by atoms with Crippen molar-refractivity contribution < 1.29 is 14.3 Å². The first-order valence-corrected chi connectivity index (χ1v) is 9.50. The van der Waals surface area contributed by atoms with Crippen LogP contribution in [0.2, 0.25) is 0 Å². The average Bonchev–Trinajstić information content (AvgIpc) is 3.02. The first-order valence-electron chi connectivity index (χ1n) is 8.68. The van der Waals surface area contributed by atoms with E-state index in [1.165, 1.54) is 18.4 Å². The van der Waals surface area contributed by atoms with Crippen LogP contribution in [0, 0.1) is 0 Å². The van der Waals surface area contributed by atoms with Gasteiger partial charge in [-0.3, -0.25) is 0 Å². The van der Waals surface area contributed by atoms with Crippen LogP contribution in [-0.4, -0.2) is 43.7 Å². The number of nitrogen functional groups attached to an aromatic ring is 1. The van der Waals surface area contributed by atoms with Crippen LogP contribution in [-0.2, 0) is 17.7 Å². The number of nitrogens with two attached hydrogens (primary N) is 1. The Hall–Kier alpha value is -2.64. The molecule has 4 rings (SSSR count). The maximum Gasteiger partial charge on any atom is 0.350 e. The molecule has 0 aliphatic carbocycles. The van der Waals surface area contributed by atoms with E-state index in [1.54, 1.807) is 7.11 Å². The van der Waals surface area contributed by atoms with E-state index < -0.39 is 5.97 Å². The van der Waals surface area contributed by atoms with Gasteiger partial charge in [-0.05, 0) is 30.3 Å². The largest absolute Gasteiger partial charge is 0.497 e. The number of benzene rings is 1. The molecule has 3 heterocycles. The fourth-order valence-corrected chi connectivity index (χ4v) is 4.64. The van der Waals surface area contributed by atoms with Crippen molar-refractivity contribution in [1.29, 1.82) is 0 Å². The van der Waals surface area contributed by atoms with Crippen molar-refractivity contribution in [3.8, 4) is 16.9 Å². The van der Waals surface area contributed by atoms with Crippen molar-refractivity contribution in [2.45, 2.75) is 13.0 Å². The summed E-state index contributed by atoms with van der Waals surface area (Å²) >= 11 is 1.29. The third-order valence-electron chi connectivity index (χ3n) is 4.95. The number of likely N-dealkylation sites (N-methyl/N-ethyl adjacent to an activating group) is 1. The van der Waals surface area contributed by atoms with Crippen LogP contribution < -0.4 is 10.5 Å². The molecule has 27 heavy (non-hydrogen) atoms. The van der Waals surface area contributed by atoms with Gasteiger partial charge in [0, 0.05) is 36.2 Å². The van der Waals surface area contributed by atoms with Crippen LogP contribution in [0.5, 0.6) is 5.75 Å². The van der Waals surface area contributed by atoms with Crippen molar-refractivity contribution in [3.05, 3.63) is 40.4 Å². The maximum atomic E-state index is 12.2. The smallest absolute Gasteiger partial charge is 0.350 e. The molecule has 140 valence electrons. The van der Waals surface area contributed by atoms with Gasteiger partial charge < -0.3 is 20.1 Å². The summed E-state index contributed by atoms with van der Waals surface area (Å²) in [5, 5.41) is 0.822. The molecule has 0 spiro atoms. The van der Waals surface area contributed by atoms with E-state index >= 15 is 0 Å². The second kappa shape index (κ2) is 6.83. The topological polar surface area (TPSA) is 77.7 Å². The molecule has 0 unspecified atom stereocenters. The Kier molecular flexibility index (Phi) is 4.49. The Labute approximate surface area is 161 Å². The molecular weight excluding hydrogens is 362 g/mol. The lowest BCUT2D eigenvalue weighted by atomic mass is 9.92. The van der Waals surface area contributed by atoms with Crippen LogP contribution in [0.3, 0.4) is 0 Å². The highest BCUT2D eigenvalue weighted by Gasteiger charge is 2.27. The molecule has 1 aromatic carbocycles. The number of hydrogen-bond donors (Lipinski definition) is 1. The van der Waals surface area contributed by atoms with Crippen LogP contribution in [0.1, 0.15) is 20.9 Å². The predicted octanol–water partition coefficient (Wildman–Crippen LogP) is 3.33. The summed E-state index contributed by atoms with van der Waals surface area (Å²) in [7, 11) is 5.11. The normalized spacial score (nSPS) is 14.2. The Bertz CT molecular complexity index is 1040. The Morgan fingerprint density at radius 2 is 2.15 bits per heavy atom. The Morgan fingerprint density at radius 3 is 2.89 bits per heavy atom. The number of nitrogens with zero attached hydrogens (tertiary/aromatic N) is 2. The van der Waals surface area contributed by atoms with Gasteiger partial charge in [0.05, 0.1) is 19.9 Å². The average molecular weight is 383 g/mol. The minimum atomic E-state index is -0.429. The summed E-state index contributed by atoms with van der Waals surface area (Å²) in [5.74, 6) is 0.347. The third-order valence-corrected chi connectivity index (χ3v) is 6.03. The molecule has 1 aliphatic heterocycles. The van der Waals surface area contributed by atoms with Crippen molar-refractivity contribution in [3.63, 3.8) is 0 Å². The fourth-order valence-electron chi connectivity index (χ4n) is 3.60. The zero-order valence-electron chi connectivity index (χ0n) is 15.5. The van der Waals surface area contributed by atoms with Gasteiger partial charge in [0.1, 0.15) is 15.5 Å². The zero-order chi connectivity index (χ0) is 19.1. The van der Waals surface area contributed by atoms with E-state index in [0.717, 1.165) is 57.9 Å². The van der Waals surface area contributed by atoms with Crippen molar-refractivity contribution >= 4 is 33.2 Å². The summed E-state index contributed by atoms with van der Waals surface area (Å²) in [6, 6.07) is 7.92. The van der Waals surface area contributed by atoms with Crippen LogP contribution in [0.25, 0.3) is 21.3 Å². The molecule has 6 nitrogen and oxygen atoms in total. The maximum absolute atomic E-state index is 12.2. The zero-order valence-corrected chi connectivity index (χ0v) is 16.4. The summed E-state index contributed by atoms with van der Waals surface area (Å²) in [6.07, 6.45) is 0.865. The molecule has 1 aliphatic rings. The molecule has 0 saturated carbocycles. The van der Waals surface area contributed by atoms with Crippen molar-refractivity contribution in [2.24, 2.45) is 0 Å². The summed E-state index contributed by atoms with van der Waals surface area (Å²) in [5.41, 5.74) is 11.1. The predicted molar refractivity (Wildman–Crippen MR) is 107 cm³/mol. The van der Waals surface area contributed by atoms with Crippen LogP contribution in [0.4, 0.5) is 5.69 Å². The molecule has 7 heteroatoms. The molecule has 0 saturated heterocycles. The van der Waals surface area contributed by atoms with Crippen LogP contribution >= 0.6 is 11.3 Å². The molecule has 0 amide bonds. The summed E-state index contributed by atoms with van der Waals surface area (Å²) in [6.45, 7) is 1.74. The molecule has 0 fully saturated rings. The minimum absolute atomic E-state index is 0.403. The van der Waals surface area contributed by atoms with E-state index in [9.17, 15) is 4.79 Å².